The van der Waals surface area contributed by atoms with Crippen LogP contribution in [0.3, 0.4) is 0 Å². The fraction of sp³-hybridized carbons (Fsp3) is 0.617. The van der Waals surface area contributed by atoms with E-state index in [0.29, 0.717) is 92.0 Å². The van der Waals surface area contributed by atoms with Gasteiger partial charge in [-0.1, -0.05) is 41.8 Å². The van der Waals surface area contributed by atoms with Gasteiger partial charge in [-0.3, -0.25) is 14.4 Å². The molecule has 0 aliphatic carbocycles. The van der Waals surface area contributed by atoms with Crippen molar-refractivity contribution in [2.45, 2.75) is 80.9 Å². The van der Waals surface area contributed by atoms with Gasteiger partial charge in [0.05, 0.1) is 81.8 Å². The number of hydrogen-bond acceptors (Lipinski definition) is 16. The number of urea groups is 1. The zero-order valence-corrected chi connectivity index (χ0v) is 42.0. The van der Waals surface area contributed by atoms with Gasteiger partial charge in [0.2, 0.25) is 17.7 Å². The largest absolute Gasteiger partial charge is 0.491 e. The topological polar surface area (TPSA) is 232 Å². The van der Waals surface area contributed by atoms with Crippen LogP contribution in [0.15, 0.2) is 52.8 Å². The molecule has 5 N–H and O–H groups in total. The molecule has 382 valence electrons. The lowest BCUT2D eigenvalue weighted by Crippen LogP contribution is -2.48. The number of anilines is 2. The van der Waals surface area contributed by atoms with Gasteiger partial charge in [0.15, 0.2) is 5.66 Å². The smallest absolute Gasteiger partial charge is 0.315 e. The monoisotopic (exact) mass is 1030 g/mol. The Morgan fingerprint density at radius 2 is 1.56 bits per heavy atom. The highest BCUT2D eigenvalue weighted by atomic mass is 35.5. The van der Waals surface area contributed by atoms with Crippen LogP contribution in [-0.2, 0) is 33.3 Å². The van der Waals surface area contributed by atoms with Crippen molar-refractivity contribution in [2.24, 2.45) is 10.2 Å². The van der Waals surface area contributed by atoms with E-state index in [1.54, 1.807) is 12.3 Å². The molecule has 4 aliphatic rings. The molecule has 3 fully saturated rings. The first-order valence-electron chi connectivity index (χ1n) is 24.1. The Morgan fingerprint density at radius 1 is 0.843 bits per heavy atom. The highest BCUT2D eigenvalue weighted by molar-refractivity contribution is 8.00. The number of thioether (sulfide) groups is 1. The lowest BCUT2D eigenvalue weighted by atomic mass is 10.0. The number of rotatable bonds is 31. The fourth-order valence-corrected chi connectivity index (χ4v) is 10.4. The molecule has 0 bridgehead atoms. The molecule has 20 nitrogen and oxygen atoms in total. The van der Waals surface area contributed by atoms with Crippen molar-refractivity contribution < 1.29 is 42.9 Å². The van der Waals surface area contributed by atoms with E-state index >= 15 is 0 Å². The van der Waals surface area contributed by atoms with Crippen LogP contribution >= 0.6 is 35.0 Å². The molecule has 4 aliphatic heterocycles. The van der Waals surface area contributed by atoms with Crippen molar-refractivity contribution in [1.29, 1.82) is 0 Å². The van der Waals surface area contributed by atoms with Gasteiger partial charge in [-0.2, -0.15) is 27.1 Å². The van der Waals surface area contributed by atoms with Crippen LogP contribution in [0, 0.1) is 0 Å². The second-order valence-electron chi connectivity index (χ2n) is 17.6. The third-order valence-electron chi connectivity index (χ3n) is 12.4. The standard InChI is InChI=1S/C47H65Cl2N11O9S/c1-47(57-58-47)11-9-37(53-42(62)10-18-65-21-22-66-19-12-50-41(61)8-3-2-7-40-44-38(31-70-40)54-46(64)55-44)45(63)51-13-20-67-23-24-68-25-26-69-34-28-32(48)27-33(29-34)59-14-16-60(17-15-59)39-30-52-56-43-35(39)5-4-6-36(43)49/h4-6,27-30,37-38,40,44H,2-3,7-26,31H2,1H3,(H,50,61)(H,51,63)(H,53,62)(H2,54,55,64)/t37?,38-,40-,44-/m0/s1. The van der Waals surface area contributed by atoms with Gasteiger partial charge < -0.3 is 60.1 Å². The molecule has 0 radical (unpaired) electrons. The van der Waals surface area contributed by atoms with Crippen molar-refractivity contribution in [1.82, 2.24) is 36.8 Å². The van der Waals surface area contributed by atoms with Gasteiger partial charge in [-0.25, -0.2) is 4.79 Å². The maximum atomic E-state index is 13.1. The summed E-state index contributed by atoms with van der Waals surface area (Å²) in [5.74, 6) is 0.953. The third kappa shape index (κ3) is 16.7. The summed E-state index contributed by atoms with van der Waals surface area (Å²) < 4.78 is 28.5. The minimum absolute atomic E-state index is 0.0106. The van der Waals surface area contributed by atoms with E-state index in [1.165, 1.54) is 0 Å². The molecule has 23 heteroatoms. The van der Waals surface area contributed by atoms with Crippen LogP contribution in [0.25, 0.3) is 10.9 Å². The molecule has 4 atom stereocenters. The second-order valence-corrected chi connectivity index (χ2v) is 19.7. The van der Waals surface area contributed by atoms with E-state index in [-0.39, 0.29) is 68.6 Å². The van der Waals surface area contributed by atoms with Crippen LogP contribution < -0.4 is 41.1 Å². The maximum Gasteiger partial charge on any atom is 0.315 e. The lowest BCUT2D eigenvalue weighted by Gasteiger charge is -2.37. The molecule has 3 aromatic rings. The summed E-state index contributed by atoms with van der Waals surface area (Å²) in [5, 5.41) is 33.5. The molecule has 2 aromatic carbocycles. The normalized spacial score (nSPS) is 19.4. The minimum Gasteiger partial charge on any atom is -0.491 e. The zero-order chi connectivity index (χ0) is 49.1. The number of nitrogens with one attached hydrogen (secondary N) is 5. The molecule has 3 saturated heterocycles. The number of carbonyl (C=O) groups excluding carboxylic acids is 4. The number of piperazine rings is 1. The first kappa shape index (κ1) is 53.0. The first-order valence-corrected chi connectivity index (χ1v) is 25.9. The Morgan fingerprint density at radius 3 is 2.33 bits per heavy atom. The summed E-state index contributed by atoms with van der Waals surface area (Å²) in [7, 11) is 0. The van der Waals surface area contributed by atoms with Crippen molar-refractivity contribution in [3.05, 3.63) is 52.6 Å². The van der Waals surface area contributed by atoms with E-state index in [9.17, 15) is 19.2 Å². The summed E-state index contributed by atoms with van der Waals surface area (Å²) in [5.41, 5.74) is 2.18. The van der Waals surface area contributed by atoms with Crippen LogP contribution in [0.2, 0.25) is 10.0 Å². The molecule has 7 rings (SSSR count). The molecular formula is C47H65Cl2N11O9S. The van der Waals surface area contributed by atoms with Gasteiger partial charge in [0, 0.05) is 85.3 Å². The predicted octanol–water partition coefficient (Wildman–Crippen LogP) is 4.50. The van der Waals surface area contributed by atoms with Crippen LogP contribution in [0.4, 0.5) is 16.2 Å². The average Bonchev–Trinajstić information content (AvgIpc) is 3.81. The Kier molecular flexibility index (Phi) is 20.6. The fourth-order valence-electron chi connectivity index (χ4n) is 8.47. The maximum absolute atomic E-state index is 13.1. The number of ether oxygens (including phenoxy) is 5. The molecule has 1 unspecified atom stereocenters. The Balaban J connectivity index is 0.680. The van der Waals surface area contributed by atoms with Gasteiger partial charge in [-0.15, -0.1) is 5.10 Å². The number of benzene rings is 2. The van der Waals surface area contributed by atoms with E-state index in [0.717, 1.165) is 68.0 Å². The molecular weight excluding hydrogens is 966 g/mol. The SMILES string of the molecule is CC1(CCC(NC(=O)CCOCCOCCNC(=O)CCCC[C@@H]2SC[C@@H]3NC(=O)N[C@@H]32)C(=O)NCCOCCOCCOc2cc(Cl)cc(N3CCN(c4cnnc5c(Cl)cccc45)CC3)c2)N=N1. The number of halogens is 2. The van der Waals surface area contributed by atoms with Gasteiger partial charge in [0.25, 0.3) is 0 Å². The van der Waals surface area contributed by atoms with E-state index < -0.39 is 11.7 Å². The van der Waals surface area contributed by atoms with E-state index in [2.05, 4.69) is 56.8 Å². The van der Waals surface area contributed by atoms with E-state index in [4.69, 9.17) is 46.9 Å². The second kappa shape index (κ2) is 27.2. The third-order valence-corrected chi connectivity index (χ3v) is 14.4. The number of amides is 5. The number of nitrogens with zero attached hydrogens (tertiary/aromatic N) is 6. The van der Waals surface area contributed by atoms with Gasteiger partial charge in [-0.05, 0) is 50.8 Å². The Labute approximate surface area is 422 Å². The minimum atomic E-state index is -0.761. The number of hydrogen-bond donors (Lipinski definition) is 5. The van der Waals surface area contributed by atoms with Crippen molar-refractivity contribution >= 4 is 81.0 Å². The predicted molar refractivity (Wildman–Crippen MR) is 268 cm³/mol. The van der Waals surface area contributed by atoms with Crippen LogP contribution in [0.1, 0.15) is 51.9 Å². The first-order chi connectivity index (χ1) is 34.0. The summed E-state index contributed by atoms with van der Waals surface area (Å²) in [6, 6.07) is 11.0. The summed E-state index contributed by atoms with van der Waals surface area (Å²) in [6.45, 7) is 8.42. The summed E-state index contributed by atoms with van der Waals surface area (Å²) in [4.78, 5) is 54.2. The van der Waals surface area contributed by atoms with Gasteiger partial charge >= 0.3 is 6.03 Å². The molecule has 0 saturated carbocycles. The summed E-state index contributed by atoms with van der Waals surface area (Å²) >= 11 is 14.8. The summed E-state index contributed by atoms with van der Waals surface area (Å²) in [6.07, 6.45) is 5.91. The Bertz CT molecular complexity index is 2240. The van der Waals surface area contributed by atoms with Gasteiger partial charge in [0.1, 0.15) is 23.9 Å². The quantitative estimate of drug-likeness (QED) is 0.0442. The number of fused-ring (bicyclic) bond motifs is 2. The highest BCUT2D eigenvalue weighted by Gasteiger charge is 2.42. The Hall–Kier alpha value is -4.77. The van der Waals surface area contributed by atoms with Crippen molar-refractivity contribution in [3.63, 3.8) is 0 Å². The van der Waals surface area contributed by atoms with E-state index in [1.807, 2.05) is 49.0 Å². The molecule has 0 spiro atoms. The van der Waals surface area contributed by atoms with Crippen LogP contribution in [0.5, 0.6) is 5.75 Å². The van der Waals surface area contributed by atoms with Crippen molar-refractivity contribution in [3.8, 4) is 5.75 Å². The molecule has 1 aromatic heterocycles. The number of aromatic nitrogens is 2. The highest BCUT2D eigenvalue weighted by Crippen LogP contribution is 2.35. The van der Waals surface area contributed by atoms with Crippen molar-refractivity contribution in [2.75, 3.05) is 114 Å². The zero-order valence-electron chi connectivity index (χ0n) is 39.6. The number of unbranched alkanes of at least 4 members (excludes halogenated alkanes) is 1. The average molecular weight is 1030 g/mol. The molecule has 70 heavy (non-hydrogen) atoms. The molecule has 5 amide bonds. The lowest BCUT2D eigenvalue weighted by molar-refractivity contribution is -0.130. The molecule has 5 heterocycles. The number of carbonyl (C=O) groups is 4. The van der Waals surface area contributed by atoms with Crippen LogP contribution in [-0.4, -0.2) is 167 Å².